The highest BCUT2D eigenvalue weighted by Crippen LogP contribution is 2.21. The molecule has 2 N–H and O–H groups in total. The predicted octanol–water partition coefficient (Wildman–Crippen LogP) is 3.93. The maximum Gasteiger partial charge on any atom is 0.127 e. The molecular formula is C13H19ClFN. The highest BCUT2D eigenvalue weighted by molar-refractivity contribution is 6.31. The maximum atomic E-state index is 13.5. The molecule has 0 radical (unpaired) electrons. The molecule has 0 saturated carbocycles. The SMILES string of the molecule is CCCCCC(N)Cc1c(F)cccc1Cl. The van der Waals surface area contributed by atoms with E-state index in [9.17, 15) is 4.39 Å². The van der Waals surface area contributed by atoms with Crippen LogP contribution in [0.25, 0.3) is 0 Å². The van der Waals surface area contributed by atoms with E-state index >= 15 is 0 Å². The van der Waals surface area contributed by atoms with Gasteiger partial charge >= 0.3 is 0 Å². The monoisotopic (exact) mass is 243 g/mol. The number of unbranched alkanes of at least 4 members (excludes halogenated alkanes) is 2. The molecule has 0 spiro atoms. The summed E-state index contributed by atoms with van der Waals surface area (Å²) in [7, 11) is 0. The number of hydrogen-bond acceptors (Lipinski definition) is 1. The van der Waals surface area contributed by atoms with Gasteiger partial charge in [-0.25, -0.2) is 4.39 Å². The molecule has 1 rings (SSSR count). The summed E-state index contributed by atoms with van der Waals surface area (Å²) in [4.78, 5) is 0. The van der Waals surface area contributed by atoms with Crippen molar-refractivity contribution < 1.29 is 4.39 Å². The Morgan fingerprint density at radius 1 is 1.38 bits per heavy atom. The molecule has 1 nitrogen and oxygen atoms in total. The Balaban J connectivity index is 2.52. The van der Waals surface area contributed by atoms with Crippen molar-refractivity contribution in [3.05, 3.63) is 34.6 Å². The molecule has 0 heterocycles. The number of halogens is 2. The molecule has 0 fully saturated rings. The van der Waals surface area contributed by atoms with E-state index in [2.05, 4.69) is 6.92 Å². The van der Waals surface area contributed by atoms with Crippen molar-refractivity contribution in [1.29, 1.82) is 0 Å². The lowest BCUT2D eigenvalue weighted by molar-refractivity contribution is 0.538. The van der Waals surface area contributed by atoms with Gasteiger partial charge in [0.15, 0.2) is 0 Å². The lowest BCUT2D eigenvalue weighted by Crippen LogP contribution is -2.23. The predicted molar refractivity (Wildman–Crippen MR) is 67.2 cm³/mol. The van der Waals surface area contributed by atoms with Crippen molar-refractivity contribution in [3.63, 3.8) is 0 Å². The lowest BCUT2D eigenvalue weighted by atomic mass is 10.0. The van der Waals surface area contributed by atoms with E-state index in [4.69, 9.17) is 17.3 Å². The Morgan fingerprint density at radius 2 is 2.12 bits per heavy atom. The number of rotatable bonds is 6. The molecule has 0 aromatic heterocycles. The van der Waals surface area contributed by atoms with E-state index in [0.29, 0.717) is 17.0 Å². The Labute approximate surface area is 102 Å². The molecule has 1 aromatic carbocycles. The van der Waals surface area contributed by atoms with Crippen molar-refractivity contribution in [3.8, 4) is 0 Å². The molecular weight excluding hydrogens is 225 g/mol. The van der Waals surface area contributed by atoms with Crippen molar-refractivity contribution in [2.45, 2.75) is 45.1 Å². The third-order valence-electron chi connectivity index (χ3n) is 2.71. The summed E-state index contributed by atoms with van der Waals surface area (Å²) >= 11 is 5.94. The number of nitrogens with two attached hydrogens (primary N) is 1. The van der Waals surface area contributed by atoms with Crippen LogP contribution in [0, 0.1) is 5.82 Å². The largest absolute Gasteiger partial charge is 0.327 e. The van der Waals surface area contributed by atoms with Gasteiger partial charge in [0.2, 0.25) is 0 Å². The standard InChI is InChI=1S/C13H19ClFN/c1-2-3-4-6-10(16)9-11-12(14)7-5-8-13(11)15/h5,7-8,10H,2-4,6,9,16H2,1H3. The summed E-state index contributed by atoms with van der Waals surface area (Å²) in [6, 6.07) is 4.75. The summed E-state index contributed by atoms with van der Waals surface area (Å²) in [6.07, 6.45) is 4.91. The minimum absolute atomic E-state index is 0.000880. The minimum atomic E-state index is -0.251. The second-order valence-corrected chi connectivity index (χ2v) is 4.57. The van der Waals surface area contributed by atoms with Crippen LogP contribution in [-0.2, 0) is 6.42 Å². The second kappa shape index (κ2) is 6.87. The zero-order valence-corrected chi connectivity index (χ0v) is 10.4. The van der Waals surface area contributed by atoms with Crippen LogP contribution in [0.3, 0.4) is 0 Å². The van der Waals surface area contributed by atoms with Crippen LogP contribution in [0.4, 0.5) is 4.39 Å². The van der Waals surface area contributed by atoms with Gasteiger partial charge in [0, 0.05) is 16.6 Å². The van der Waals surface area contributed by atoms with Crippen LogP contribution in [-0.4, -0.2) is 6.04 Å². The quantitative estimate of drug-likeness (QED) is 0.753. The molecule has 0 aliphatic rings. The van der Waals surface area contributed by atoms with Gasteiger partial charge in [-0.2, -0.15) is 0 Å². The topological polar surface area (TPSA) is 26.0 Å². The summed E-state index contributed by atoms with van der Waals surface area (Å²) in [5.41, 5.74) is 6.51. The fourth-order valence-electron chi connectivity index (χ4n) is 1.75. The molecule has 0 aliphatic carbocycles. The molecule has 16 heavy (non-hydrogen) atoms. The van der Waals surface area contributed by atoms with E-state index in [1.165, 1.54) is 18.9 Å². The van der Waals surface area contributed by atoms with Crippen LogP contribution in [0.2, 0.25) is 5.02 Å². The van der Waals surface area contributed by atoms with Gasteiger partial charge in [-0.3, -0.25) is 0 Å². The van der Waals surface area contributed by atoms with Crippen molar-refractivity contribution in [2.24, 2.45) is 5.73 Å². The average molecular weight is 244 g/mol. The Kier molecular flexibility index (Phi) is 5.78. The highest BCUT2D eigenvalue weighted by Gasteiger charge is 2.11. The first kappa shape index (κ1) is 13.5. The molecule has 0 amide bonds. The molecule has 3 heteroatoms. The summed E-state index contributed by atoms with van der Waals surface area (Å²) < 4.78 is 13.5. The first-order valence-electron chi connectivity index (χ1n) is 5.83. The van der Waals surface area contributed by atoms with Crippen molar-refractivity contribution in [1.82, 2.24) is 0 Å². The third kappa shape index (κ3) is 4.11. The number of hydrogen-bond donors (Lipinski definition) is 1. The van der Waals surface area contributed by atoms with E-state index in [-0.39, 0.29) is 11.9 Å². The zero-order valence-electron chi connectivity index (χ0n) is 9.68. The van der Waals surface area contributed by atoms with E-state index in [0.717, 1.165) is 12.8 Å². The fraction of sp³-hybridized carbons (Fsp3) is 0.538. The van der Waals surface area contributed by atoms with Gasteiger partial charge in [0.25, 0.3) is 0 Å². The van der Waals surface area contributed by atoms with Gasteiger partial charge in [-0.05, 0) is 25.0 Å². The summed E-state index contributed by atoms with van der Waals surface area (Å²) in [5, 5.41) is 0.478. The average Bonchev–Trinajstić information content (AvgIpc) is 2.24. The Bertz CT molecular complexity index is 307. The molecule has 1 unspecified atom stereocenters. The lowest BCUT2D eigenvalue weighted by Gasteiger charge is -2.13. The van der Waals surface area contributed by atoms with Gasteiger partial charge < -0.3 is 5.73 Å². The Morgan fingerprint density at radius 3 is 2.75 bits per heavy atom. The van der Waals surface area contributed by atoms with Crippen molar-refractivity contribution in [2.75, 3.05) is 0 Å². The Hall–Kier alpha value is -0.600. The van der Waals surface area contributed by atoms with Crippen LogP contribution in [0.5, 0.6) is 0 Å². The van der Waals surface area contributed by atoms with E-state index in [1.807, 2.05) is 0 Å². The van der Waals surface area contributed by atoms with Crippen LogP contribution in [0.15, 0.2) is 18.2 Å². The maximum absolute atomic E-state index is 13.5. The fourth-order valence-corrected chi connectivity index (χ4v) is 1.99. The van der Waals surface area contributed by atoms with Gasteiger partial charge in [0.05, 0.1) is 0 Å². The highest BCUT2D eigenvalue weighted by atomic mass is 35.5. The number of benzene rings is 1. The molecule has 0 saturated heterocycles. The smallest absolute Gasteiger partial charge is 0.127 e. The first-order chi connectivity index (χ1) is 7.65. The van der Waals surface area contributed by atoms with Gasteiger partial charge in [0.1, 0.15) is 5.82 Å². The normalized spacial score (nSPS) is 12.8. The van der Waals surface area contributed by atoms with Crippen LogP contribution < -0.4 is 5.73 Å². The molecule has 0 bridgehead atoms. The molecule has 90 valence electrons. The summed E-state index contributed by atoms with van der Waals surface area (Å²) in [6.45, 7) is 2.15. The van der Waals surface area contributed by atoms with E-state index in [1.54, 1.807) is 12.1 Å². The zero-order chi connectivity index (χ0) is 12.0. The van der Waals surface area contributed by atoms with Crippen molar-refractivity contribution >= 4 is 11.6 Å². The first-order valence-corrected chi connectivity index (χ1v) is 6.21. The molecule has 1 aromatic rings. The second-order valence-electron chi connectivity index (χ2n) is 4.16. The van der Waals surface area contributed by atoms with Crippen LogP contribution in [0.1, 0.15) is 38.2 Å². The molecule has 1 atom stereocenters. The van der Waals surface area contributed by atoms with Crippen LogP contribution >= 0.6 is 11.6 Å². The minimum Gasteiger partial charge on any atom is -0.327 e. The molecule has 0 aliphatic heterocycles. The third-order valence-corrected chi connectivity index (χ3v) is 3.06. The summed E-state index contributed by atoms with van der Waals surface area (Å²) in [5.74, 6) is -0.251. The van der Waals surface area contributed by atoms with Gasteiger partial charge in [-0.15, -0.1) is 0 Å². The van der Waals surface area contributed by atoms with E-state index < -0.39 is 0 Å². The van der Waals surface area contributed by atoms with Gasteiger partial charge in [-0.1, -0.05) is 43.9 Å².